The van der Waals surface area contributed by atoms with Crippen molar-refractivity contribution >= 4 is 5.65 Å². The molecular formula is C19H17N5O. The predicted molar refractivity (Wildman–Crippen MR) is 94.4 cm³/mol. The van der Waals surface area contributed by atoms with Crippen LogP contribution in [0.3, 0.4) is 0 Å². The number of aromatic nitrogens is 5. The first-order chi connectivity index (χ1) is 12.3. The van der Waals surface area contributed by atoms with Crippen molar-refractivity contribution in [2.45, 2.75) is 12.8 Å². The van der Waals surface area contributed by atoms with E-state index in [1.807, 2.05) is 30.3 Å². The molecule has 0 spiro atoms. The molecule has 0 aliphatic carbocycles. The zero-order valence-corrected chi connectivity index (χ0v) is 13.8. The maximum absolute atomic E-state index is 5.22. The molecule has 0 atom stereocenters. The maximum atomic E-state index is 5.22. The molecule has 0 unspecified atom stereocenters. The summed E-state index contributed by atoms with van der Waals surface area (Å²) in [4.78, 5) is 0. The lowest BCUT2D eigenvalue weighted by atomic mass is 10.0. The molecule has 2 heterocycles. The lowest BCUT2D eigenvalue weighted by molar-refractivity contribution is 0.415. The summed E-state index contributed by atoms with van der Waals surface area (Å²) in [5.74, 6) is 0.816. The van der Waals surface area contributed by atoms with Gasteiger partial charge in [-0.3, -0.25) is 0 Å². The molecule has 6 nitrogen and oxygen atoms in total. The van der Waals surface area contributed by atoms with E-state index in [1.165, 1.54) is 10.2 Å². The van der Waals surface area contributed by atoms with Gasteiger partial charge in [-0.1, -0.05) is 30.3 Å². The van der Waals surface area contributed by atoms with Crippen LogP contribution in [-0.2, 0) is 12.8 Å². The molecule has 25 heavy (non-hydrogen) atoms. The highest BCUT2D eigenvalue weighted by Gasteiger charge is 2.11. The molecule has 4 aromatic rings. The van der Waals surface area contributed by atoms with Crippen LogP contribution < -0.4 is 4.74 Å². The third-order valence-electron chi connectivity index (χ3n) is 4.17. The van der Waals surface area contributed by atoms with E-state index in [4.69, 9.17) is 4.74 Å². The Bertz CT molecular complexity index is 980. The molecule has 0 radical (unpaired) electrons. The zero-order valence-electron chi connectivity index (χ0n) is 13.8. The van der Waals surface area contributed by atoms with Gasteiger partial charge in [0.1, 0.15) is 5.75 Å². The molecule has 0 bridgehead atoms. The number of fused-ring (bicyclic) bond motifs is 1. The van der Waals surface area contributed by atoms with Gasteiger partial charge in [0.05, 0.1) is 12.8 Å². The minimum atomic E-state index is 0.702. The van der Waals surface area contributed by atoms with Crippen molar-refractivity contribution in [3.8, 4) is 17.0 Å². The topological polar surface area (TPSA) is 65.2 Å². The Hall–Kier alpha value is -3.28. The number of rotatable bonds is 5. The van der Waals surface area contributed by atoms with Gasteiger partial charge < -0.3 is 4.74 Å². The molecule has 4 rings (SSSR count). The smallest absolute Gasteiger partial charge is 0.203 e. The van der Waals surface area contributed by atoms with Crippen molar-refractivity contribution in [1.29, 1.82) is 0 Å². The Balaban J connectivity index is 1.69. The fraction of sp³-hybridized carbons (Fsp3) is 0.158. The molecule has 124 valence electrons. The van der Waals surface area contributed by atoms with Crippen molar-refractivity contribution < 1.29 is 4.74 Å². The first kappa shape index (κ1) is 15.3. The summed E-state index contributed by atoms with van der Waals surface area (Å²) in [5, 5.41) is 16.4. The van der Waals surface area contributed by atoms with Crippen molar-refractivity contribution in [2.24, 2.45) is 0 Å². The largest absolute Gasteiger partial charge is 0.497 e. The zero-order chi connectivity index (χ0) is 17.1. The number of ether oxygens (including phenoxy) is 1. The molecule has 0 amide bonds. The number of hydrogen-bond donors (Lipinski definition) is 0. The van der Waals surface area contributed by atoms with E-state index in [1.54, 1.807) is 7.11 Å². The summed E-state index contributed by atoms with van der Waals surface area (Å²) in [5.41, 5.74) is 4.91. The van der Waals surface area contributed by atoms with E-state index in [9.17, 15) is 0 Å². The van der Waals surface area contributed by atoms with Gasteiger partial charge in [0.15, 0.2) is 0 Å². The van der Waals surface area contributed by atoms with E-state index in [2.05, 4.69) is 51.0 Å². The summed E-state index contributed by atoms with van der Waals surface area (Å²) >= 11 is 0. The van der Waals surface area contributed by atoms with E-state index in [0.717, 1.165) is 35.4 Å². The predicted octanol–water partition coefficient (Wildman–Crippen LogP) is 2.98. The average Bonchev–Trinajstić information content (AvgIpc) is 3.16. The van der Waals surface area contributed by atoms with Crippen molar-refractivity contribution in [2.75, 3.05) is 7.11 Å². The Morgan fingerprint density at radius 1 is 0.960 bits per heavy atom. The lowest BCUT2D eigenvalue weighted by Gasteiger charge is -2.07. The first-order valence-corrected chi connectivity index (χ1v) is 8.10. The van der Waals surface area contributed by atoms with E-state index < -0.39 is 0 Å². The molecule has 0 fully saturated rings. The third kappa shape index (κ3) is 3.19. The van der Waals surface area contributed by atoms with E-state index >= 15 is 0 Å². The Morgan fingerprint density at radius 2 is 1.76 bits per heavy atom. The fourth-order valence-corrected chi connectivity index (χ4v) is 2.81. The van der Waals surface area contributed by atoms with E-state index in [-0.39, 0.29) is 0 Å². The van der Waals surface area contributed by atoms with Crippen molar-refractivity contribution in [1.82, 2.24) is 25.3 Å². The van der Waals surface area contributed by atoms with Crippen LogP contribution in [0.2, 0.25) is 0 Å². The first-order valence-electron chi connectivity index (χ1n) is 8.10. The van der Waals surface area contributed by atoms with Gasteiger partial charge in [0.25, 0.3) is 0 Å². The van der Waals surface area contributed by atoms with Gasteiger partial charge in [-0.2, -0.15) is 0 Å². The number of methoxy groups -OCH3 is 1. The number of nitrogens with zero attached hydrogens (tertiary/aromatic N) is 5. The normalized spacial score (nSPS) is 10.9. The third-order valence-corrected chi connectivity index (χ3v) is 4.17. The van der Waals surface area contributed by atoms with Crippen LogP contribution in [0.25, 0.3) is 16.9 Å². The number of benzene rings is 2. The minimum Gasteiger partial charge on any atom is -0.497 e. The van der Waals surface area contributed by atoms with Crippen molar-refractivity contribution in [3.63, 3.8) is 0 Å². The second-order valence-corrected chi connectivity index (χ2v) is 5.76. The van der Waals surface area contributed by atoms with Crippen LogP contribution in [0.15, 0.2) is 60.7 Å². The summed E-state index contributed by atoms with van der Waals surface area (Å²) < 4.78 is 6.72. The van der Waals surface area contributed by atoms with Crippen LogP contribution in [0.1, 0.15) is 11.1 Å². The monoisotopic (exact) mass is 331 g/mol. The van der Waals surface area contributed by atoms with Crippen LogP contribution in [-0.4, -0.2) is 32.4 Å². The van der Waals surface area contributed by atoms with Crippen LogP contribution >= 0.6 is 0 Å². The highest BCUT2D eigenvalue weighted by atomic mass is 16.5. The van der Waals surface area contributed by atoms with Crippen LogP contribution in [0.4, 0.5) is 0 Å². The molecule has 0 saturated heterocycles. The quantitative estimate of drug-likeness (QED) is 0.562. The van der Waals surface area contributed by atoms with Crippen molar-refractivity contribution in [3.05, 3.63) is 71.8 Å². The SMILES string of the molecule is COc1ccc(-c2cc(CCc3ccccc3)c3nnnn3n2)cc1. The van der Waals surface area contributed by atoms with Gasteiger partial charge >= 0.3 is 0 Å². The van der Waals surface area contributed by atoms with Gasteiger partial charge in [0.2, 0.25) is 5.65 Å². The summed E-state index contributed by atoms with van der Waals surface area (Å²) in [6, 6.07) is 20.3. The standard InChI is InChI=1S/C19H17N5O/c1-25-17-11-9-15(10-12-17)18-13-16(19-20-22-23-24(19)21-18)8-7-14-5-3-2-4-6-14/h2-6,9-13H,7-8H2,1H3. The van der Waals surface area contributed by atoms with Crippen LogP contribution in [0.5, 0.6) is 5.75 Å². The summed E-state index contributed by atoms with van der Waals surface area (Å²) in [6.45, 7) is 0. The summed E-state index contributed by atoms with van der Waals surface area (Å²) in [6.07, 6.45) is 1.77. The Labute approximate surface area is 145 Å². The fourth-order valence-electron chi connectivity index (χ4n) is 2.81. The number of tetrazole rings is 1. The minimum absolute atomic E-state index is 0.702. The van der Waals surface area contributed by atoms with E-state index in [0.29, 0.717) is 5.65 Å². The molecule has 0 aliphatic heterocycles. The summed E-state index contributed by atoms with van der Waals surface area (Å²) in [7, 11) is 1.65. The molecule has 2 aromatic heterocycles. The van der Waals surface area contributed by atoms with Gasteiger partial charge in [-0.05, 0) is 59.2 Å². The Kier molecular flexibility index (Phi) is 4.08. The van der Waals surface area contributed by atoms with Gasteiger partial charge in [0, 0.05) is 11.1 Å². The molecule has 2 aromatic carbocycles. The van der Waals surface area contributed by atoms with Gasteiger partial charge in [-0.25, -0.2) is 0 Å². The second-order valence-electron chi connectivity index (χ2n) is 5.76. The molecule has 0 N–H and O–H groups in total. The van der Waals surface area contributed by atoms with Crippen LogP contribution in [0, 0.1) is 0 Å². The molecule has 0 saturated carbocycles. The maximum Gasteiger partial charge on any atom is 0.203 e. The highest BCUT2D eigenvalue weighted by molar-refractivity contribution is 5.63. The number of hydrogen-bond acceptors (Lipinski definition) is 5. The number of aryl methyl sites for hydroxylation is 2. The Morgan fingerprint density at radius 3 is 2.52 bits per heavy atom. The second kappa shape index (κ2) is 6.68. The molecule has 6 heteroatoms. The van der Waals surface area contributed by atoms with Gasteiger partial charge in [-0.15, -0.1) is 14.8 Å². The molecule has 0 aliphatic rings. The highest BCUT2D eigenvalue weighted by Crippen LogP contribution is 2.23. The lowest BCUT2D eigenvalue weighted by Crippen LogP contribution is -2.02. The average molecular weight is 331 g/mol. The molecular weight excluding hydrogens is 314 g/mol.